The summed E-state index contributed by atoms with van der Waals surface area (Å²) in [6, 6.07) is 2.26. The highest BCUT2D eigenvalue weighted by Crippen LogP contribution is 2.31. The molecular formula is C11H16N2OS. The number of thiophene rings is 1. The quantitative estimate of drug-likeness (QED) is 0.707. The number of hydrogen-bond acceptors (Lipinski definition) is 2. The molecular weight excluding hydrogens is 208 g/mol. The first-order valence-corrected chi connectivity index (χ1v) is 6.23. The van der Waals surface area contributed by atoms with E-state index in [1.807, 2.05) is 0 Å². The zero-order valence-electron chi connectivity index (χ0n) is 8.88. The highest BCUT2D eigenvalue weighted by Gasteiger charge is 2.20. The van der Waals surface area contributed by atoms with Crippen molar-refractivity contribution in [2.45, 2.75) is 31.7 Å². The average molecular weight is 224 g/mol. The summed E-state index contributed by atoms with van der Waals surface area (Å²) in [6.07, 6.45) is 4.64. The van der Waals surface area contributed by atoms with Crippen molar-refractivity contribution < 1.29 is 4.79 Å². The van der Waals surface area contributed by atoms with Crippen molar-refractivity contribution in [2.75, 3.05) is 7.05 Å². The van der Waals surface area contributed by atoms with Crippen LogP contribution in [0, 0.1) is 0 Å². The van der Waals surface area contributed by atoms with Crippen LogP contribution in [-0.4, -0.2) is 13.1 Å². The fourth-order valence-corrected chi connectivity index (χ4v) is 3.02. The number of carbonyl (C=O) groups is 1. The summed E-state index contributed by atoms with van der Waals surface area (Å²) < 4.78 is 0. The molecule has 15 heavy (non-hydrogen) atoms. The largest absolute Gasteiger partial charge is 0.341 e. The highest BCUT2D eigenvalue weighted by molar-refractivity contribution is 7.10. The van der Waals surface area contributed by atoms with Gasteiger partial charge in [0.15, 0.2) is 0 Å². The Morgan fingerprint density at radius 2 is 2.40 bits per heavy atom. The van der Waals surface area contributed by atoms with E-state index in [-0.39, 0.29) is 12.1 Å². The Kier molecular flexibility index (Phi) is 3.26. The Balaban J connectivity index is 2.15. The molecule has 1 aliphatic carbocycles. The molecule has 0 aliphatic heterocycles. The fraction of sp³-hybridized carbons (Fsp3) is 0.545. The van der Waals surface area contributed by atoms with E-state index in [4.69, 9.17) is 0 Å². The van der Waals surface area contributed by atoms with Crippen molar-refractivity contribution in [2.24, 2.45) is 0 Å². The lowest BCUT2D eigenvalue weighted by Crippen LogP contribution is -2.35. The Morgan fingerprint density at radius 1 is 1.53 bits per heavy atom. The van der Waals surface area contributed by atoms with Crippen LogP contribution in [0.15, 0.2) is 11.4 Å². The predicted molar refractivity (Wildman–Crippen MR) is 62.2 cm³/mol. The Labute approximate surface area is 93.9 Å². The van der Waals surface area contributed by atoms with Crippen molar-refractivity contribution in [1.29, 1.82) is 0 Å². The van der Waals surface area contributed by atoms with Gasteiger partial charge in [-0.25, -0.2) is 4.79 Å². The summed E-state index contributed by atoms with van der Waals surface area (Å²) >= 11 is 1.81. The second-order valence-electron chi connectivity index (χ2n) is 3.82. The van der Waals surface area contributed by atoms with Crippen molar-refractivity contribution in [3.63, 3.8) is 0 Å². The maximum atomic E-state index is 11.3. The number of amides is 2. The molecule has 4 heteroatoms. The van der Waals surface area contributed by atoms with Crippen LogP contribution in [0.1, 0.15) is 35.7 Å². The van der Waals surface area contributed by atoms with Crippen LogP contribution in [0.5, 0.6) is 0 Å². The minimum absolute atomic E-state index is 0.0842. The van der Waals surface area contributed by atoms with E-state index in [0.29, 0.717) is 0 Å². The van der Waals surface area contributed by atoms with Crippen LogP contribution >= 0.6 is 11.3 Å². The van der Waals surface area contributed by atoms with E-state index in [9.17, 15) is 4.79 Å². The normalized spacial score (nSPS) is 20.2. The predicted octanol–water partition coefficient (Wildman–Crippen LogP) is 2.44. The molecule has 0 saturated heterocycles. The summed E-state index contributed by atoms with van der Waals surface area (Å²) in [5.41, 5.74) is 1.32. The number of fused-ring (bicyclic) bond motifs is 1. The van der Waals surface area contributed by atoms with E-state index < -0.39 is 0 Å². The molecule has 2 N–H and O–H groups in total. The van der Waals surface area contributed by atoms with Gasteiger partial charge in [-0.15, -0.1) is 11.3 Å². The zero-order valence-corrected chi connectivity index (χ0v) is 9.69. The van der Waals surface area contributed by atoms with Crippen LogP contribution in [-0.2, 0) is 6.42 Å². The zero-order chi connectivity index (χ0) is 10.7. The summed E-state index contributed by atoms with van der Waals surface area (Å²) in [6.45, 7) is 0. The van der Waals surface area contributed by atoms with Crippen LogP contribution in [0.3, 0.4) is 0 Å². The monoisotopic (exact) mass is 224 g/mol. The highest BCUT2D eigenvalue weighted by atomic mass is 32.1. The molecule has 0 aromatic carbocycles. The minimum Gasteiger partial charge on any atom is -0.341 e. The lowest BCUT2D eigenvalue weighted by atomic mass is 10.1. The van der Waals surface area contributed by atoms with Gasteiger partial charge in [0.05, 0.1) is 6.04 Å². The molecule has 1 aromatic heterocycles. The average Bonchev–Trinajstić information content (AvgIpc) is 2.63. The van der Waals surface area contributed by atoms with Gasteiger partial charge in [0, 0.05) is 11.9 Å². The van der Waals surface area contributed by atoms with Crippen molar-refractivity contribution in [3.05, 3.63) is 21.9 Å². The van der Waals surface area contributed by atoms with E-state index in [0.717, 1.165) is 6.42 Å². The van der Waals surface area contributed by atoms with Gasteiger partial charge in [-0.1, -0.05) is 6.42 Å². The van der Waals surface area contributed by atoms with Gasteiger partial charge in [0.2, 0.25) is 0 Å². The summed E-state index contributed by atoms with van der Waals surface area (Å²) in [5, 5.41) is 7.74. The van der Waals surface area contributed by atoms with Crippen molar-refractivity contribution >= 4 is 17.4 Å². The van der Waals surface area contributed by atoms with Gasteiger partial charge >= 0.3 is 6.03 Å². The number of hydrogen-bond donors (Lipinski definition) is 2. The minimum atomic E-state index is -0.0842. The Hall–Kier alpha value is -1.03. The number of rotatable bonds is 1. The first-order valence-electron chi connectivity index (χ1n) is 5.36. The standard InChI is InChI=1S/C11H16N2OS/c1-12-11(14)13-9-4-2-3-5-10-8(9)6-7-15-10/h6-7,9H,2-5H2,1H3,(H2,12,13,14)/t9-/m0/s1. The molecule has 1 aromatic rings. The summed E-state index contributed by atoms with van der Waals surface area (Å²) in [4.78, 5) is 12.7. The molecule has 82 valence electrons. The number of carbonyl (C=O) groups excluding carboxylic acids is 1. The SMILES string of the molecule is CNC(=O)N[C@H]1CCCCc2sccc21. The lowest BCUT2D eigenvalue weighted by Gasteiger charge is -2.16. The molecule has 1 heterocycles. The molecule has 0 unspecified atom stereocenters. The molecule has 0 saturated carbocycles. The van der Waals surface area contributed by atoms with Gasteiger partial charge in [-0.3, -0.25) is 0 Å². The molecule has 0 bridgehead atoms. The van der Waals surface area contributed by atoms with Crippen LogP contribution in [0.4, 0.5) is 4.79 Å². The van der Waals surface area contributed by atoms with Gasteiger partial charge in [0.25, 0.3) is 0 Å². The molecule has 2 amide bonds. The molecule has 3 nitrogen and oxygen atoms in total. The van der Waals surface area contributed by atoms with E-state index >= 15 is 0 Å². The third-order valence-corrected chi connectivity index (χ3v) is 3.83. The van der Waals surface area contributed by atoms with Gasteiger partial charge in [0.1, 0.15) is 0 Å². The van der Waals surface area contributed by atoms with Crippen molar-refractivity contribution in [1.82, 2.24) is 10.6 Å². The first kappa shape index (κ1) is 10.5. The second kappa shape index (κ2) is 4.66. The number of nitrogens with one attached hydrogen (secondary N) is 2. The van der Waals surface area contributed by atoms with Gasteiger partial charge in [-0.2, -0.15) is 0 Å². The fourth-order valence-electron chi connectivity index (χ4n) is 2.03. The summed E-state index contributed by atoms with van der Waals surface area (Å²) in [5.74, 6) is 0. The maximum absolute atomic E-state index is 11.3. The third kappa shape index (κ3) is 2.31. The Bertz CT molecular complexity index is 348. The summed E-state index contributed by atoms with van der Waals surface area (Å²) in [7, 11) is 1.65. The van der Waals surface area contributed by atoms with Crippen LogP contribution in [0.2, 0.25) is 0 Å². The van der Waals surface area contributed by atoms with E-state index in [1.54, 1.807) is 18.4 Å². The maximum Gasteiger partial charge on any atom is 0.315 e. The van der Waals surface area contributed by atoms with Gasteiger partial charge in [-0.05, 0) is 36.3 Å². The Morgan fingerprint density at radius 3 is 3.20 bits per heavy atom. The molecule has 2 rings (SSSR count). The molecule has 1 aliphatic rings. The van der Waals surface area contributed by atoms with Crippen LogP contribution < -0.4 is 10.6 Å². The molecule has 0 radical (unpaired) electrons. The van der Waals surface area contributed by atoms with E-state index in [2.05, 4.69) is 22.1 Å². The number of aryl methyl sites for hydroxylation is 1. The smallest absolute Gasteiger partial charge is 0.315 e. The van der Waals surface area contributed by atoms with Gasteiger partial charge < -0.3 is 10.6 Å². The molecule has 0 fully saturated rings. The number of urea groups is 1. The van der Waals surface area contributed by atoms with E-state index in [1.165, 1.54) is 29.7 Å². The van der Waals surface area contributed by atoms with Crippen LogP contribution in [0.25, 0.3) is 0 Å². The second-order valence-corrected chi connectivity index (χ2v) is 4.82. The molecule has 1 atom stereocenters. The topological polar surface area (TPSA) is 41.1 Å². The first-order chi connectivity index (χ1) is 7.31. The van der Waals surface area contributed by atoms with Crippen molar-refractivity contribution in [3.8, 4) is 0 Å². The third-order valence-electron chi connectivity index (χ3n) is 2.83. The molecule has 0 spiro atoms. The lowest BCUT2D eigenvalue weighted by molar-refractivity contribution is 0.238.